The van der Waals surface area contributed by atoms with Crippen LogP contribution in [0.3, 0.4) is 0 Å². The Morgan fingerprint density at radius 3 is 2.28 bits per heavy atom. The van der Waals surface area contributed by atoms with Crippen molar-refractivity contribution in [3.63, 3.8) is 0 Å². The van der Waals surface area contributed by atoms with Crippen LogP contribution in [0.4, 0.5) is 0 Å². The van der Waals surface area contributed by atoms with E-state index in [4.69, 9.17) is 5.73 Å². The summed E-state index contributed by atoms with van der Waals surface area (Å²) >= 11 is 0. The van der Waals surface area contributed by atoms with E-state index in [2.05, 4.69) is 23.9 Å². The van der Waals surface area contributed by atoms with Crippen LogP contribution >= 0.6 is 0 Å². The van der Waals surface area contributed by atoms with Crippen molar-refractivity contribution in [2.45, 2.75) is 25.8 Å². The molecule has 0 bridgehead atoms. The maximum absolute atomic E-state index is 12.2. The van der Waals surface area contributed by atoms with Crippen molar-refractivity contribution in [1.29, 1.82) is 0 Å². The molecule has 0 spiro atoms. The Balaban J connectivity index is 2.37. The molecule has 1 aliphatic heterocycles. The predicted molar refractivity (Wildman–Crippen MR) is 74.5 cm³/mol. The maximum Gasteiger partial charge on any atom is 0.242 e. The molecule has 1 saturated heterocycles. The molecular weight excluding hydrogens is 228 g/mol. The highest BCUT2D eigenvalue weighted by Crippen LogP contribution is 2.12. The average molecular weight is 256 g/mol. The molecule has 1 fully saturated rings. The van der Waals surface area contributed by atoms with Gasteiger partial charge >= 0.3 is 0 Å². The fraction of sp³-hybridized carbons (Fsp3) is 0.923. The van der Waals surface area contributed by atoms with Crippen LogP contribution in [0.25, 0.3) is 0 Å². The second-order valence-corrected chi connectivity index (χ2v) is 5.71. The van der Waals surface area contributed by atoms with E-state index in [1.54, 1.807) is 0 Å². The summed E-state index contributed by atoms with van der Waals surface area (Å²) in [5, 5.41) is 0. The molecule has 0 saturated carbocycles. The number of carbonyl (C=O) groups excluding carboxylic acids is 1. The first kappa shape index (κ1) is 15.4. The van der Waals surface area contributed by atoms with E-state index in [0.717, 1.165) is 39.3 Å². The fourth-order valence-corrected chi connectivity index (χ4v) is 2.03. The number of rotatable bonds is 5. The smallest absolute Gasteiger partial charge is 0.242 e. The second kappa shape index (κ2) is 6.50. The van der Waals surface area contributed by atoms with Gasteiger partial charge < -0.3 is 15.5 Å². The summed E-state index contributed by atoms with van der Waals surface area (Å²) in [5.74, 6) is 0.0947. The SMILES string of the molecule is CCC(C)(N)C(=O)N1CCN(CCN(C)C)CC1. The van der Waals surface area contributed by atoms with Gasteiger partial charge in [0.15, 0.2) is 0 Å². The fourth-order valence-electron chi connectivity index (χ4n) is 2.03. The Morgan fingerprint density at radius 2 is 1.83 bits per heavy atom. The Bertz CT molecular complexity index is 270. The minimum Gasteiger partial charge on any atom is -0.339 e. The lowest BCUT2D eigenvalue weighted by molar-refractivity contribution is -0.138. The molecule has 0 radical (unpaired) electrons. The van der Waals surface area contributed by atoms with Crippen LogP contribution in [0.1, 0.15) is 20.3 Å². The first-order valence-corrected chi connectivity index (χ1v) is 6.82. The topological polar surface area (TPSA) is 52.8 Å². The van der Waals surface area contributed by atoms with Gasteiger partial charge in [-0.3, -0.25) is 9.69 Å². The number of likely N-dealkylation sites (N-methyl/N-ethyl adjacent to an activating group) is 1. The first-order valence-electron chi connectivity index (χ1n) is 6.82. The highest BCUT2D eigenvalue weighted by Gasteiger charge is 2.32. The third kappa shape index (κ3) is 4.23. The second-order valence-electron chi connectivity index (χ2n) is 5.71. The first-order chi connectivity index (χ1) is 8.36. The van der Waals surface area contributed by atoms with Gasteiger partial charge in [-0.25, -0.2) is 0 Å². The number of hydrogen-bond donors (Lipinski definition) is 1. The lowest BCUT2D eigenvalue weighted by atomic mass is 9.98. The van der Waals surface area contributed by atoms with Crippen molar-refractivity contribution >= 4 is 5.91 Å². The van der Waals surface area contributed by atoms with Crippen molar-refractivity contribution in [3.05, 3.63) is 0 Å². The quantitative estimate of drug-likeness (QED) is 0.741. The zero-order valence-electron chi connectivity index (χ0n) is 12.3. The number of nitrogens with two attached hydrogens (primary N) is 1. The Morgan fingerprint density at radius 1 is 1.28 bits per heavy atom. The third-order valence-electron chi connectivity index (χ3n) is 3.75. The highest BCUT2D eigenvalue weighted by molar-refractivity contribution is 5.85. The minimum atomic E-state index is -0.703. The van der Waals surface area contributed by atoms with Crippen LogP contribution in [0.5, 0.6) is 0 Å². The molecule has 106 valence electrons. The number of amides is 1. The average Bonchev–Trinajstić information content (AvgIpc) is 2.36. The van der Waals surface area contributed by atoms with Gasteiger partial charge in [0.1, 0.15) is 0 Å². The van der Waals surface area contributed by atoms with Gasteiger partial charge in [0.05, 0.1) is 5.54 Å². The minimum absolute atomic E-state index is 0.0947. The molecule has 0 aromatic heterocycles. The summed E-state index contributed by atoms with van der Waals surface area (Å²) < 4.78 is 0. The lowest BCUT2D eigenvalue weighted by Gasteiger charge is -2.38. The summed E-state index contributed by atoms with van der Waals surface area (Å²) in [6.45, 7) is 9.45. The Hall–Kier alpha value is -0.650. The molecule has 1 amide bonds. The molecule has 1 aliphatic rings. The summed E-state index contributed by atoms with van der Waals surface area (Å²) in [6.07, 6.45) is 0.687. The molecule has 0 aliphatic carbocycles. The van der Waals surface area contributed by atoms with Crippen LogP contribution in [0.15, 0.2) is 0 Å². The van der Waals surface area contributed by atoms with Crippen molar-refractivity contribution in [3.8, 4) is 0 Å². The zero-order valence-corrected chi connectivity index (χ0v) is 12.3. The van der Waals surface area contributed by atoms with E-state index in [1.165, 1.54) is 0 Å². The summed E-state index contributed by atoms with van der Waals surface area (Å²) in [5.41, 5.74) is 5.31. The Kier molecular flexibility index (Phi) is 5.56. The molecule has 1 atom stereocenters. The van der Waals surface area contributed by atoms with E-state index < -0.39 is 5.54 Å². The summed E-state index contributed by atoms with van der Waals surface area (Å²) in [7, 11) is 4.17. The molecule has 18 heavy (non-hydrogen) atoms. The molecule has 1 unspecified atom stereocenters. The third-order valence-corrected chi connectivity index (χ3v) is 3.75. The molecule has 0 aromatic carbocycles. The van der Waals surface area contributed by atoms with Gasteiger partial charge in [-0.15, -0.1) is 0 Å². The van der Waals surface area contributed by atoms with E-state index in [9.17, 15) is 4.79 Å². The normalized spacial score (nSPS) is 21.1. The number of carbonyl (C=O) groups is 1. The summed E-state index contributed by atoms with van der Waals surface area (Å²) in [6, 6.07) is 0. The number of nitrogens with zero attached hydrogens (tertiary/aromatic N) is 3. The molecule has 5 nitrogen and oxygen atoms in total. The van der Waals surface area contributed by atoms with Gasteiger partial charge in [-0.05, 0) is 27.4 Å². The molecule has 1 heterocycles. The zero-order chi connectivity index (χ0) is 13.8. The largest absolute Gasteiger partial charge is 0.339 e. The molecule has 0 aromatic rings. The van der Waals surface area contributed by atoms with E-state index >= 15 is 0 Å². The number of piperazine rings is 1. The van der Waals surface area contributed by atoms with Crippen LogP contribution < -0.4 is 5.73 Å². The molecule has 1 rings (SSSR count). The van der Waals surface area contributed by atoms with Crippen molar-refractivity contribution < 1.29 is 4.79 Å². The molecule has 2 N–H and O–H groups in total. The highest BCUT2D eigenvalue weighted by atomic mass is 16.2. The van der Waals surface area contributed by atoms with Gasteiger partial charge in [0.25, 0.3) is 0 Å². The van der Waals surface area contributed by atoms with Crippen LogP contribution in [-0.4, -0.2) is 79.5 Å². The van der Waals surface area contributed by atoms with Gasteiger partial charge in [0, 0.05) is 39.3 Å². The number of hydrogen-bond acceptors (Lipinski definition) is 4. The lowest BCUT2D eigenvalue weighted by Crippen LogP contribution is -2.58. The standard InChI is InChI=1S/C13H28N4O/c1-5-13(2,14)12(18)17-10-8-16(9-11-17)7-6-15(3)4/h5-11,14H2,1-4H3. The molecular formula is C13H28N4O. The van der Waals surface area contributed by atoms with Gasteiger partial charge in [0.2, 0.25) is 5.91 Å². The van der Waals surface area contributed by atoms with Gasteiger partial charge in [-0.1, -0.05) is 6.92 Å². The van der Waals surface area contributed by atoms with Crippen molar-refractivity contribution in [1.82, 2.24) is 14.7 Å². The Labute approximate surface area is 111 Å². The maximum atomic E-state index is 12.2. The van der Waals surface area contributed by atoms with Gasteiger partial charge in [-0.2, -0.15) is 0 Å². The monoisotopic (exact) mass is 256 g/mol. The van der Waals surface area contributed by atoms with Crippen LogP contribution in [-0.2, 0) is 4.79 Å². The van der Waals surface area contributed by atoms with E-state index in [0.29, 0.717) is 6.42 Å². The molecule has 5 heteroatoms. The van der Waals surface area contributed by atoms with Crippen molar-refractivity contribution in [2.24, 2.45) is 5.73 Å². The summed E-state index contributed by atoms with van der Waals surface area (Å²) in [4.78, 5) is 18.7. The van der Waals surface area contributed by atoms with Crippen molar-refractivity contribution in [2.75, 3.05) is 53.4 Å². The predicted octanol–water partition coefficient (Wildman–Crippen LogP) is -0.180. The van der Waals surface area contributed by atoms with E-state index in [1.807, 2.05) is 18.7 Å². The van der Waals surface area contributed by atoms with Crippen LogP contribution in [0.2, 0.25) is 0 Å². The van der Waals surface area contributed by atoms with Crippen LogP contribution in [0, 0.1) is 0 Å². The van der Waals surface area contributed by atoms with E-state index in [-0.39, 0.29) is 5.91 Å².